The zero-order valence-electron chi connectivity index (χ0n) is 12.5. The molecule has 0 aliphatic carbocycles. The molecule has 6 nitrogen and oxygen atoms in total. The molecule has 2 aromatic heterocycles. The predicted octanol–water partition coefficient (Wildman–Crippen LogP) is 3.17. The number of anilines is 2. The Morgan fingerprint density at radius 3 is 2.85 bits per heavy atom. The van der Waals surface area contributed by atoms with Gasteiger partial charge in [0, 0.05) is 12.6 Å². The average molecular weight is 276 g/mol. The first kappa shape index (κ1) is 14.6. The van der Waals surface area contributed by atoms with E-state index in [9.17, 15) is 0 Å². The first-order valence-electron chi connectivity index (χ1n) is 7.46. The molecule has 20 heavy (non-hydrogen) atoms. The standard InChI is InChI=1S/C14H24N6/c1-4-6-7-8-10(3)18-13-11-12(17-9-16-11)19-14(20-13)15-5-2/h9-10H,4-8H2,1-3H3,(H3,15,16,17,18,19,20). The molecule has 0 aliphatic rings. The van der Waals surface area contributed by atoms with Crippen molar-refractivity contribution in [3.05, 3.63) is 6.33 Å². The van der Waals surface area contributed by atoms with Gasteiger partial charge in [0.25, 0.3) is 0 Å². The first-order chi connectivity index (χ1) is 9.74. The lowest BCUT2D eigenvalue weighted by atomic mass is 10.1. The molecule has 0 aromatic carbocycles. The van der Waals surface area contributed by atoms with Gasteiger partial charge in [-0.15, -0.1) is 0 Å². The van der Waals surface area contributed by atoms with E-state index in [0.29, 0.717) is 17.6 Å². The molecule has 1 unspecified atom stereocenters. The summed E-state index contributed by atoms with van der Waals surface area (Å²) in [5, 5.41) is 6.61. The minimum absolute atomic E-state index is 0.387. The number of hydrogen-bond donors (Lipinski definition) is 3. The lowest BCUT2D eigenvalue weighted by molar-refractivity contribution is 0.614. The molecule has 1 atom stereocenters. The van der Waals surface area contributed by atoms with Crippen LogP contribution in [0.2, 0.25) is 0 Å². The summed E-state index contributed by atoms with van der Waals surface area (Å²) in [5.74, 6) is 1.45. The summed E-state index contributed by atoms with van der Waals surface area (Å²) in [6.07, 6.45) is 6.56. The van der Waals surface area contributed by atoms with Crippen molar-refractivity contribution in [3.8, 4) is 0 Å². The quantitative estimate of drug-likeness (QED) is 0.645. The fourth-order valence-electron chi connectivity index (χ4n) is 2.18. The Kier molecular flexibility index (Phi) is 5.15. The topological polar surface area (TPSA) is 78.5 Å². The second-order valence-electron chi connectivity index (χ2n) is 5.07. The maximum Gasteiger partial charge on any atom is 0.226 e. The number of hydrogen-bond acceptors (Lipinski definition) is 5. The predicted molar refractivity (Wildman–Crippen MR) is 83.1 cm³/mol. The molecule has 0 saturated heterocycles. The number of H-pyrrole nitrogens is 1. The van der Waals surface area contributed by atoms with Gasteiger partial charge in [-0.25, -0.2) is 4.98 Å². The molecule has 0 spiro atoms. The second kappa shape index (κ2) is 7.07. The summed E-state index contributed by atoms with van der Waals surface area (Å²) in [4.78, 5) is 16.2. The van der Waals surface area contributed by atoms with Crippen LogP contribution in [0.5, 0.6) is 0 Å². The van der Waals surface area contributed by atoms with Crippen molar-refractivity contribution in [1.82, 2.24) is 19.9 Å². The third-order valence-electron chi connectivity index (χ3n) is 3.24. The summed E-state index contributed by atoms with van der Waals surface area (Å²) in [6, 6.07) is 0.387. The first-order valence-corrected chi connectivity index (χ1v) is 7.46. The zero-order chi connectivity index (χ0) is 14.4. The van der Waals surface area contributed by atoms with Crippen molar-refractivity contribution < 1.29 is 0 Å². The number of rotatable bonds is 8. The van der Waals surface area contributed by atoms with Crippen LogP contribution in [-0.2, 0) is 0 Å². The number of unbranched alkanes of at least 4 members (excludes halogenated alkanes) is 2. The fraction of sp³-hybridized carbons (Fsp3) is 0.643. The smallest absolute Gasteiger partial charge is 0.226 e. The van der Waals surface area contributed by atoms with Crippen LogP contribution < -0.4 is 10.6 Å². The molecule has 0 radical (unpaired) electrons. The Labute approximate surface area is 119 Å². The highest BCUT2D eigenvalue weighted by molar-refractivity contribution is 5.83. The van der Waals surface area contributed by atoms with E-state index in [2.05, 4.69) is 44.4 Å². The minimum atomic E-state index is 0.387. The molecule has 3 N–H and O–H groups in total. The summed E-state index contributed by atoms with van der Waals surface area (Å²) in [7, 11) is 0. The molecule has 0 bridgehead atoms. The van der Waals surface area contributed by atoms with Gasteiger partial charge in [0.2, 0.25) is 5.95 Å². The van der Waals surface area contributed by atoms with Gasteiger partial charge in [0.15, 0.2) is 11.5 Å². The molecule has 0 amide bonds. The van der Waals surface area contributed by atoms with Gasteiger partial charge >= 0.3 is 0 Å². The van der Waals surface area contributed by atoms with Gasteiger partial charge in [-0.05, 0) is 20.3 Å². The fourth-order valence-corrected chi connectivity index (χ4v) is 2.18. The van der Waals surface area contributed by atoms with E-state index >= 15 is 0 Å². The molecular weight excluding hydrogens is 252 g/mol. The summed E-state index contributed by atoms with van der Waals surface area (Å²) in [5.41, 5.74) is 1.56. The van der Waals surface area contributed by atoms with E-state index in [-0.39, 0.29) is 0 Å². The monoisotopic (exact) mass is 276 g/mol. The zero-order valence-corrected chi connectivity index (χ0v) is 12.5. The van der Waals surface area contributed by atoms with Crippen molar-refractivity contribution in [2.45, 2.75) is 52.5 Å². The van der Waals surface area contributed by atoms with Crippen LogP contribution in [0.15, 0.2) is 6.33 Å². The number of nitrogens with one attached hydrogen (secondary N) is 3. The molecule has 0 saturated carbocycles. The normalized spacial score (nSPS) is 12.6. The van der Waals surface area contributed by atoms with Crippen molar-refractivity contribution in [1.29, 1.82) is 0 Å². The Morgan fingerprint density at radius 1 is 1.25 bits per heavy atom. The summed E-state index contributed by atoms with van der Waals surface area (Å²) < 4.78 is 0. The van der Waals surface area contributed by atoms with Crippen LogP contribution >= 0.6 is 0 Å². The number of aromatic nitrogens is 4. The summed E-state index contributed by atoms with van der Waals surface area (Å²) in [6.45, 7) is 7.23. The van der Waals surface area contributed by atoms with Crippen LogP contribution in [0, 0.1) is 0 Å². The summed E-state index contributed by atoms with van der Waals surface area (Å²) >= 11 is 0. The average Bonchev–Trinajstić information content (AvgIpc) is 2.88. The molecular formula is C14H24N6. The van der Waals surface area contributed by atoms with Crippen LogP contribution in [0.1, 0.15) is 46.5 Å². The molecule has 0 aliphatic heterocycles. The molecule has 110 valence electrons. The Bertz CT molecular complexity index is 535. The molecule has 2 heterocycles. The number of imidazole rings is 1. The lowest BCUT2D eigenvalue weighted by Crippen LogP contribution is -2.17. The lowest BCUT2D eigenvalue weighted by Gasteiger charge is -2.15. The van der Waals surface area contributed by atoms with E-state index in [1.165, 1.54) is 19.3 Å². The minimum Gasteiger partial charge on any atom is -0.366 e. The van der Waals surface area contributed by atoms with Crippen LogP contribution in [0.3, 0.4) is 0 Å². The van der Waals surface area contributed by atoms with E-state index in [0.717, 1.165) is 24.3 Å². The maximum absolute atomic E-state index is 4.53. The van der Waals surface area contributed by atoms with Crippen molar-refractivity contribution >= 4 is 22.9 Å². The van der Waals surface area contributed by atoms with E-state index in [1.54, 1.807) is 6.33 Å². The number of fused-ring (bicyclic) bond motifs is 1. The number of aromatic amines is 1. The van der Waals surface area contributed by atoms with E-state index in [4.69, 9.17) is 0 Å². The van der Waals surface area contributed by atoms with E-state index < -0.39 is 0 Å². The Balaban J connectivity index is 2.12. The molecule has 2 rings (SSSR count). The highest BCUT2D eigenvalue weighted by atomic mass is 15.2. The van der Waals surface area contributed by atoms with E-state index in [1.807, 2.05) is 6.92 Å². The third kappa shape index (κ3) is 3.59. The maximum atomic E-state index is 4.53. The van der Waals surface area contributed by atoms with Gasteiger partial charge in [-0.3, -0.25) is 0 Å². The SMILES string of the molecule is CCCCCC(C)Nc1nc(NCC)nc2nc[nH]c12. The Hall–Kier alpha value is -1.85. The molecule has 2 aromatic rings. The molecule has 0 fully saturated rings. The number of nitrogens with zero attached hydrogens (tertiary/aromatic N) is 3. The van der Waals surface area contributed by atoms with Crippen LogP contribution in [0.25, 0.3) is 11.2 Å². The highest BCUT2D eigenvalue weighted by Crippen LogP contribution is 2.20. The van der Waals surface area contributed by atoms with Crippen LogP contribution in [0.4, 0.5) is 11.8 Å². The molecule has 6 heteroatoms. The van der Waals surface area contributed by atoms with Gasteiger partial charge in [0.1, 0.15) is 5.52 Å². The van der Waals surface area contributed by atoms with Gasteiger partial charge in [-0.2, -0.15) is 9.97 Å². The van der Waals surface area contributed by atoms with Crippen molar-refractivity contribution in [3.63, 3.8) is 0 Å². The van der Waals surface area contributed by atoms with Crippen molar-refractivity contribution in [2.24, 2.45) is 0 Å². The third-order valence-corrected chi connectivity index (χ3v) is 3.24. The Morgan fingerprint density at radius 2 is 2.10 bits per heavy atom. The largest absolute Gasteiger partial charge is 0.366 e. The van der Waals surface area contributed by atoms with Gasteiger partial charge in [-0.1, -0.05) is 26.2 Å². The second-order valence-corrected chi connectivity index (χ2v) is 5.07. The van der Waals surface area contributed by atoms with Gasteiger partial charge < -0.3 is 15.6 Å². The van der Waals surface area contributed by atoms with Crippen LogP contribution in [-0.4, -0.2) is 32.5 Å². The van der Waals surface area contributed by atoms with Crippen molar-refractivity contribution in [2.75, 3.05) is 17.2 Å². The highest BCUT2D eigenvalue weighted by Gasteiger charge is 2.11. The van der Waals surface area contributed by atoms with Gasteiger partial charge in [0.05, 0.1) is 6.33 Å².